The third kappa shape index (κ3) is 4.89. The Balaban J connectivity index is 1.26. The molecule has 1 saturated heterocycles. The van der Waals surface area contributed by atoms with Gasteiger partial charge in [0, 0.05) is 40.2 Å². The summed E-state index contributed by atoms with van der Waals surface area (Å²) < 4.78 is 25.4. The molecule has 1 aromatic heterocycles. The number of nitrogens with zero attached hydrogens (tertiary/aromatic N) is 3. The van der Waals surface area contributed by atoms with Gasteiger partial charge in [-0.25, -0.2) is 0 Å². The van der Waals surface area contributed by atoms with Crippen molar-refractivity contribution in [3.8, 4) is 23.0 Å². The summed E-state index contributed by atoms with van der Waals surface area (Å²) >= 11 is 9.26. The molecule has 6 rings (SSSR count). The van der Waals surface area contributed by atoms with Gasteiger partial charge in [-0.2, -0.15) is 0 Å². The van der Waals surface area contributed by atoms with Crippen molar-refractivity contribution in [2.75, 3.05) is 32.0 Å². The molecule has 0 N–H and O–H groups in total. The summed E-state index contributed by atoms with van der Waals surface area (Å²) in [4.78, 5) is 16.9. The topological polar surface area (TPSA) is 65.4 Å². The minimum atomic E-state index is -0.182. The van der Waals surface area contributed by atoms with Gasteiger partial charge in [0.1, 0.15) is 23.8 Å². The maximum atomic E-state index is 13.6. The Morgan fingerprint density at radius 1 is 1.00 bits per heavy atom. The first-order valence-corrected chi connectivity index (χ1v) is 14.0. The van der Waals surface area contributed by atoms with Gasteiger partial charge in [0.2, 0.25) is 6.79 Å². The first-order valence-electron chi connectivity index (χ1n) is 12.8. The number of likely N-dealkylation sites (N-methyl/N-ethyl adjacent to an activating group) is 1. The van der Waals surface area contributed by atoms with Crippen molar-refractivity contribution in [2.45, 2.75) is 13.5 Å². The lowest BCUT2D eigenvalue weighted by Crippen LogP contribution is -2.31. The van der Waals surface area contributed by atoms with E-state index >= 15 is 0 Å². The summed E-state index contributed by atoms with van der Waals surface area (Å²) in [5.41, 5.74) is 3.13. The molecule has 40 heavy (non-hydrogen) atoms. The van der Waals surface area contributed by atoms with Crippen LogP contribution in [0.3, 0.4) is 0 Å². The van der Waals surface area contributed by atoms with Crippen LogP contribution < -0.4 is 23.8 Å². The number of benzene rings is 3. The van der Waals surface area contributed by atoms with E-state index < -0.39 is 0 Å². The summed E-state index contributed by atoms with van der Waals surface area (Å²) in [5.74, 6) is 2.68. The Kier molecular flexibility index (Phi) is 7.12. The molecule has 0 spiro atoms. The molecule has 0 bridgehead atoms. The largest absolute Gasteiger partial charge is 0.494 e. The van der Waals surface area contributed by atoms with Gasteiger partial charge in [-0.15, -0.1) is 0 Å². The zero-order valence-electron chi connectivity index (χ0n) is 21.9. The number of carbonyl (C=O) groups excluding carboxylic acids is 1. The third-order valence-corrected chi connectivity index (χ3v) is 7.73. The molecule has 8 nitrogen and oxygen atoms in total. The quantitative estimate of drug-likeness (QED) is 0.171. The number of halogens is 1. The lowest BCUT2D eigenvalue weighted by molar-refractivity contribution is -0.114. The molecular weight excluding hydrogens is 594 g/mol. The Morgan fingerprint density at radius 3 is 2.58 bits per heavy atom. The molecular formula is C30H26BrN3O5S. The van der Waals surface area contributed by atoms with Gasteiger partial charge in [-0.1, -0.05) is 15.9 Å². The lowest BCUT2D eigenvalue weighted by atomic mass is 10.1. The number of amides is 1. The van der Waals surface area contributed by atoms with Crippen LogP contribution in [0.15, 0.2) is 77.0 Å². The highest BCUT2D eigenvalue weighted by Crippen LogP contribution is 2.35. The van der Waals surface area contributed by atoms with Crippen molar-refractivity contribution in [1.29, 1.82) is 0 Å². The van der Waals surface area contributed by atoms with Gasteiger partial charge in [0.15, 0.2) is 16.6 Å². The van der Waals surface area contributed by atoms with Crippen molar-refractivity contribution in [1.82, 2.24) is 9.47 Å². The highest BCUT2D eigenvalue weighted by atomic mass is 79.9. The smallest absolute Gasteiger partial charge is 0.281 e. The molecule has 0 unspecified atom stereocenters. The molecule has 3 aromatic carbocycles. The molecule has 204 valence electrons. The van der Waals surface area contributed by atoms with Gasteiger partial charge >= 0.3 is 0 Å². The van der Waals surface area contributed by atoms with Crippen LogP contribution in [0.25, 0.3) is 17.0 Å². The lowest BCUT2D eigenvalue weighted by Gasteiger charge is -2.16. The first kappa shape index (κ1) is 26.2. The summed E-state index contributed by atoms with van der Waals surface area (Å²) in [6.07, 6.45) is 3.93. The molecule has 1 fully saturated rings. The second kappa shape index (κ2) is 10.9. The van der Waals surface area contributed by atoms with Crippen LogP contribution in [0.1, 0.15) is 12.5 Å². The van der Waals surface area contributed by atoms with E-state index in [1.807, 2.05) is 74.8 Å². The van der Waals surface area contributed by atoms with E-state index in [9.17, 15) is 4.79 Å². The normalized spacial score (nSPS) is 15.5. The van der Waals surface area contributed by atoms with Gasteiger partial charge < -0.3 is 28.4 Å². The van der Waals surface area contributed by atoms with Gasteiger partial charge in [0.05, 0.1) is 18.8 Å². The average molecular weight is 621 g/mol. The maximum Gasteiger partial charge on any atom is 0.281 e. The number of anilines is 1. The van der Waals surface area contributed by atoms with E-state index in [-0.39, 0.29) is 12.7 Å². The van der Waals surface area contributed by atoms with Crippen LogP contribution in [-0.2, 0) is 11.3 Å². The molecule has 4 aromatic rings. The average Bonchev–Trinajstić information content (AvgIpc) is 3.61. The number of thiocarbonyl (C=S) groups is 1. The molecule has 0 radical (unpaired) electrons. The van der Waals surface area contributed by atoms with E-state index in [0.717, 1.165) is 32.4 Å². The highest BCUT2D eigenvalue weighted by molar-refractivity contribution is 9.10. The van der Waals surface area contributed by atoms with E-state index in [1.165, 1.54) is 0 Å². The van der Waals surface area contributed by atoms with Crippen molar-refractivity contribution in [3.63, 3.8) is 0 Å². The number of hydrogen-bond acceptors (Lipinski definition) is 6. The van der Waals surface area contributed by atoms with Crippen molar-refractivity contribution in [3.05, 3.63) is 82.6 Å². The maximum absolute atomic E-state index is 13.6. The molecule has 3 heterocycles. The van der Waals surface area contributed by atoms with Crippen LogP contribution in [-0.4, -0.2) is 47.5 Å². The first-order chi connectivity index (χ1) is 19.4. The van der Waals surface area contributed by atoms with E-state index in [4.69, 9.17) is 31.2 Å². The predicted molar refractivity (Wildman–Crippen MR) is 161 cm³/mol. The SMILES string of the molecule is CCOc1ccc(N2C(=O)/C(=C/c3cn(CCOc4ccc5c(c4)OCO5)c4ccc(Br)cc34)N(C)C2=S)cc1. The number of fused-ring (bicyclic) bond motifs is 2. The van der Waals surface area contributed by atoms with Gasteiger partial charge in [-0.3, -0.25) is 9.69 Å². The molecule has 0 saturated carbocycles. The van der Waals surface area contributed by atoms with Gasteiger partial charge in [-0.05, 0) is 79.8 Å². The number of carbonyl (C=O) groups is 1. The fourth-order valence-electron chi connectivity index (χ4n) is 4.81. The van der Waals surface area contributed by atoms with E-state index in [0.29, 0.717) is 47.8 Å². The Hall–Kier alpha value is -4.02. The molecule has 1 amide bonds. The van der Waals surface area contributed by atoms with E-state index in [1.54, 1.807) is 9.80 Å². The second-order valence-electron chi connectivity index (χ2n) is 9.24. The fraction of sp³-hybridized carbons (Fsp3) is 0.200. The Bertz CT molecular complexity index is 1650. The van der Waals surface area contributed by atoms with Crippen LogP contribution >= 0.6 is 28.1 Å². The van der Waals surface area contributed by atoms with Crippen LogP contribution in [0.4, 0.5) is 5.69 Å². The zero-order valence-corrected chi connectivity index (χ0v) is 24.3. The monoisotopic (exact) mass is 619 g/mol. The van der Waals surface area contributed by atoms with Crippen molar-refractivity contribution in [2.24, 2.45) is 0 Å². The van der Waals surface area contributed by atoms with Crippen molar-refractivity contribution >= 4 is 61.8 Å². The standard InChI is InChI=1S/C30H26BrN3O5S/c1-3-36-22-7-5-21(6-8-22)34-29(35)26(32(2)30(34)40)14-19-17-33(25-10-4-20(31)15-24(19)25)12-13-37-23-9-11-27-28(16-23)39-18-38-27/h4-11,14-17H,3,12-13,18H2,1-2H3/b26-14-. The predicted octanol–water partition coefficient (Wildman–Crippen LogP) is 6.21. The molecule has 10 heteroatoms. The Labute approximate surface area is 245 Å². The number of rotatable bonds is 8. The summed E-state index contributed by atoms with van der Waals surface area (Å²) in [6.45, 7) is 3.79. The second-order valence-corrected chi connectivity index (χ2v) is 10.5. The molecule has 2 aliphatic rings. The number of ether oxygens (including phenoxy) is 4. The summed E-state index contributed by atoms with van der Waals surface area (Å²) in [6, 6.07) is 19.0. The molecule has 0 atom stereocenters. The molecule has 0 aliphatic carbocycles. The van der Waals surface area contributed by atoms with Crippen LogP contribution in [0.2, 0.25) is 0 Å². The van der Waals surface area contributed by atoms with Gasteiger partial charge in [0.25, 0.3) is 5.91 Å². The van der Waals surface area contributed by atoms with E-state index in [2.05, 4.69) is 32.6 Å². The number of hydrogen-bond donors (Lipinski definition) is 0. The van der Waals surface area contributed by atoms with Crippen molar-refractivity contribution < 1.29 is 23.7 Å². The minimum Gasteiger partial charge on any atom is -0.494 e. The summed E-state index contributed by atoms with van der Waals surface area (Å²) in [5, 5.41) is 1.43. The zero-order chi connectivity index (χ0) is 27.8. The summed E-state index contributed by atoms with van der Waals surface area (Å²) in [7, 11) is 1.81. The minimum absolute atomic E-state index is 0.182. The Morgan fingerprint density at radius 2 is 1.77 bits per heavy atom. The molecule has 2 aliphatic heterocycles. The fourth-order valence-corrected chi connectivity index (χ4v) is 5.46. The van der Waals surface area contributed by atoms with Crippen LogP contribution in [0.5, 0.6) is 23.0 Å². The number of aromatic nitrogens is 1. The third-order valence-electron chi connectivity index (χ3n) is 6.78. The van der Waals surface area contributed by atoms with Crippen LogP contribution in [0, 0.1) is 0 Å². The highest BCUT2D eigenvalue weighted by Gasteiger charge is 2.37.